The molecule has 0 aliphatic carbocycles. The summed E-state index contributed by atoms with van der Waals surface area (Å²) in [5, 5.41) is 9.79. The van der Waals surface area contributed by atoms with Crippen LogP contribution in [-0.4, -0.2) is 33.2 Å². The summed E-state index contributed by atoms with van der Waals surface area (Å²) in [6.45, 7) is 0.930. The number of aliphatic hydroxyl groups excluding tert-OH is 1. The number of fused-ring (bicyclic) bond motifs is 2. The molecule has 0 aromatic carbocycles. The fourth-order valence-electron chi connectivity index (χ4n) is 3.37. The Bertz CT molecular complexity index is 411. The smallest absolute Gasteiger partial charge is 0.140 e. The first-order chi connectivity index (χ1) is 8.76. The summed E-state index contributed by atoms with van der Waals surface area (Å²) >= 11 is 0. The fraction of sp³-hybridized carbons (Fsp3) is 0.615. The zero-order chi connectivity index (χ0) is 12.5. The van der Waals surface area contributed by atoms with Crippen LogP contribution in [0.5, 0.6) is 0 Å². The average Bonchev–Trinajstić information content (AvgIpc) is 2.62. The van der Waals surface area contributed by atoms with Crippen LogP contribution >= 0.6 is 0 Å². The topological polar surface area (TPSA) is 74.4 Å². The molecule has 5 nitrogen and oxygen atoms in total. The van der Waals surface area contributed by atoms with Crippen molar-refractivity contribution in [1.29, 1.82) is 0 Å². The Morgan fingerprint density at radius 1 is 1.39 bits per heavy atom. The Labute approximate surface area is 107 Å². The molecule has 2 aliphatic heterocycles. The van der Waals surface area contributed by atoms with Crippen LogP contribution in [0.25, 0.3) is 0 Å². The summed E-state index contributed by atoms with van der Waals surface area (Å²) in [5.41, 5.74) is 3.81. The van der Waals surface area contributed by atoms with E-state index < -0.39 is 0 Å². The molecule has 98 valence electrons. The summed E-state index contributed by atoms with van der Waals surface area (Å²) in [7, 11) is 0. The summed E-state index contributed by atoms with van der Waals surface area (Å²) in [6.07, 6.45) is 5.96. The van der Waals surface area contributed by atoms with Crippen molar-refractivity contribution >= 4 is 5.82 Å². The van der Waals surface area contributed by atoms with E-state index in [2.05, 4.69) is 15.3 Å². The Morgan fingerprint density at radius 3 is 2.78 bits per heavy atom. The molecule has 2 unspecified atom stereocenters. The van der Waals surface area contributed by atoms with Gasteiger partial charge in [0.1, 0.15) is 5.82 Å². The van der Waals surface area contributed by atoms with Crippen molar-refractivity contribution in [3.63, 3.8) is 0 Å². The maximum absolute atomic E-state index is 9.79. The van der Waals surface area contributed by atoms with Gasteiger partial charge >= 0.3 is 0 Å². The van der Waals surface area contributed by atoms with Crippen molar-refractivity contribution in [2.75, 3.05) is 5.43 Å². The lowest BCUT2D eigenvalue weighted by Crippen LogP contribution is -2.44. The molecule has 3 heterocycles. The summed E-state index contributed by atoms with van der Waals surface area (Å²) in [4.78, 5) is 6.65. The largest absolute Gasteiger partial charge is 0.393 e. The normalized spacial score (nSPS) is 31.6. The minimum Gasteiger partial charge on any atom is -0.393 e. The number of aliphatic hydroxyl groups is 1. The number of piperidine rings is 1. The fourth-order valence-corrected chi connectivity index (χ4v) is 3.37. The molecule has 1 aromatic rings. The number of pyridine rings is 1. The monoisotopic (exact) mass is 248 g/mol. The molecule has 0 spiro atoms. The number of nitrogen functional groups attached to an aromatic ring is 1. The van der Waals surface area contributed by atoms with Gasteiger partial charge in [0.05, 0.1) is 6.10 Å². The predicted octanol–water partition coefficient (Wildman–Crippen LogP) is 0.855. The highest BCUT2D eigenvalue weighted by Crippen LogP contribution is 2.36. The third kappa shape index (κ3) is 2.21. The average molecular weight is 248 g/mol. The number of nitrogens with two attached hydrogens (primary N) is 1. The first-order valence-electron chi connectivity index (χ1n) is 6.61. The Hall–Kier alpha value is -1.17. The summed E-state index contributed by atoms with van der Waals surface area (Å²) < 4.78 is 0. The second-order valence-electron chi connectivity index (χ2n) is 5.38. The van der Waals surface area contributed by atoms with E-state index in [0.29, 0.717) is 17.9 Å². The molecule has 2 aliphatic rings. The molecule has 5 heteroatoms. The van der Waals surface area contributed by atoms with Crippen LogP contribution in [0.1, 0.15) is 31.2 Å². The van der Waals surface area contributed by atoms with Gasteiger partial charge in [0, 0.05) is 24.8 Å². The van der Waals surface area contributed by atoms with Crippen LogP contribution in [0.3, 0.4) is 0 Å². The second-order valence-corrected chi connectivity index (χ2v) is 5.38. The zero-order valence-corrected chi connectivity index (χ0v) is 10.4. The van der Waals surface area contributed by atoms with Crippen molar-refractivity contribution in [3.8, 4) is 0 Å². The van der Waals surface area contributed by atoms with Gasteiger partial charge in [-0.15, -0.1) is 0 Å². The number of hydrazine groups is 1. The summed E-state index contributed by atoms with van der Waals surface area (Å²) in [5.74, 6) is 6.08. The van der Waals surface area contributed by atoms with Crippen LogP contribution in [-0.2, 0) is 6.54 Å². The van der Waals surface area contributed by atoms with Crippen molar-refractivity contribution in [1.82, 2.24) is 9.88 Å². The minimum absolute atomic E-state index is 0.0996. The van der Waals surface area contributed by atoms with Crippen molar-refractivity contribution < 1.29 is 5.11 Å². The first kappa shape index (κ1) is 11.9. The van der Waals surface area contributed by atoms with Crippen LogP contribution in [0.2, 0.25) is 0 Å². The first-order valence-corrected chi connectivity index (χ1v) is 6.61. The zero-order valence-electron chi connectivity index (χ0n) is 10.4. The number of anilines is 1. The molecule has 0 radical (unpaired) electrons. The molecule has 0 saturated carbocycles. The number of nitrogens with one attached hydrogen (secondary N) is 1. The van der Waals surface area contributed by atoms with E-state index >= 15 is 0 Å². The highest BCUT2D eigenvalue weighted by molar-refractivity contribution is 5.36. The molecule has 3 rings (SSSR count). The SMILES string of the molecule is NNc1cc(CN2C3CCC2CC(O)C3)ccn1. The van der Waals surface area contributed by atoms with Gasteiger partial charge in [-0.3, -0.25) is 4.90 Å². The Kier molecular flexibility index (Phi) is 3.20. The van der Waals surface area contributed by atoms with Gasteiger partial charge < -0.3 is 10.5 Å². The highest BCUT2D eigenvalue weighted by Gasteiger charge is 2.39. The molecule has 1 aromatic heterocycles. The van der Waals surface area contributed by atoms with Gasteiger partial charge in [0.2, 0.25) is 0 Å². The van der Waals surface area contributed by atoms with Gasteiger partial charge in [-0.25, -0.2) is 10.8 Å². The number of hydrogen-bond donors (Lipinski definition) is 3. The lowest BCUT2D eigenvalue weighted by Gasteiger charge is -2.37. The Balaban J connectivity index is 1.73. The standard InChI is InChI=1S/C13H20N4O/c14-16-13-5-9(3-4-15-13)8-17-10-1-2-11(17)7-12(18)6-10/h3-5,10-12,18H,1-2,6-8,14H2,(H,15,16). The molecular formula is C13H20N4O. The van der Waals surface area contributed by atoms with Gasteiger partial charge in [0.15, 0.2) is 0 Å². The second kappa shape index (κ2) is 4.84. The van der Waals surface area contributed by atoms with Crippen LogP contribution in [0, 0.1) is 0 Å². The van der Waals surface area contributed by atoms with Gasteiger partial charge in [-0.1, -0.05) is 0 Å². The minimum atomic E-state index is -0.0996. The lowest BCUT2D eigenvalue weighted by molar-refractivity contribution is 0.0310. The molecule has 0 amide bonds. The van der Waals surface area contributed by atoms with E-state index in [1.54, 1.807) is 6.20 Å². The Morgan fingerprint density at radius 2 is 2.11 bits per heavy atom. The lowest BCUT2D eigenvalue weighted by atomic mass is 9.99. The molecule has 2 atom stereocenters. The van der Waals surface area contributed by atoms with Gasteiger partial charge in [-0.2, -0.15) is 0 Å². The maximum Gasteiger partial charge on any atom is 0.140 e. The third-order valence-corrected chi connectivity index (χ3v) is 4.20. The number of nitrogens with zero attached hydrogens (tertiary/aromatic N) is 2. The molecule has 4 N–H and O–H groups in total. The number of hydrogen-bond acceptors (Lipinski definition) is 5. The molecule has 2 saturated heterocycles. The van der Waals surface area contributed by atoms with Crippen molar-refractivity contribution in [2.24, 2.45) is 5.84 Å². The van der Waals surface area contributed by atoms with Crippen molar-refractivity contribution in [3.05, 3.63) is 23.9 Å². The molecular weight excluding hydrogens is 228 g/mol. The van der Waals surface area contributed by atoms with E-state index in [-0.39, 0.29) is 6.10 Å². The number of rotatable bonds is 3. The van der Waals surface area contributed by atoms with E-state index in [4.69, 9.17) is 5.84 Å². The predicted molar refractivity (Wildman–Crippen MR) is 69.6 cm³/mol. The summed E-state index contributed by atoms with van der Waals surface area (Å²) in [6, 6.07) is 5.11. The third-order valence-electron chi connectivity index (χ3n) is 4.20. The molecule has 2 bridgehead atoms. The van der Waals surface area contributed by atoms with Crippen LogP contribution < -0.4 is 11.3 Å². The highest BCUT2D eigenvalue weighted by atomic mass is 16.3. The van der Waals surface area contributed by atoms with Crippen molar-refractivity contribution in [2.45, 2.75) is 50.4 Å². The number of aromatic nitrogens is 1. The molecule has 18 heavy (non-hydrogen) atoms. The van der Waals surface area contributed by atoms with Crippen LogP contribution in [0.15, 0.2) is 18.3 Å². The van der Waals surface area contributed by atoms with E-state index in [0.717, 1.165) is 19.4 Å². The van der Waals surface area contributed by atoms with Gasteiger partial charge in [0.25, 0.3) is 0 Å². The maximum atomic E-state index is 9.79. The van der Waals surface area contributed by atoms with Crippen LogP contribution in [0.4, 0.5) is 5.82 Å². The quantitative estimate of drug-likeness (QED) is 0.546. The van der Waals surface area contributed by atoms with E-state index in [1.807, 2.05) is 12.1 Å². The van der Waals surface area contributed by atoms with E-state index in [9.17, 15) is 5.11 Å². The van der Waals surface area contributed by atoms with Gasteiger partial charge in [-0.05, 0) is 43.4 Å². The van der Waals surface area contributed by atoms with E-state index in [1.165, 1.54) is 18.4 Å². The molecule has 2 fully saturated rings.